The first-order chi connectivity index (χ1) is 13.5. The maximum atomic E-state index is 13.7. The van der Waals surface area contributed by atoms with E-state index in [-0.39, 0.29) is 24.5 Å². The fourth-order valence-electron chi connectivity index (χ4n) is 2.75. The third-order valence-electron chi connectivity index (χ3n) is 4.26. The second-order valence-corrected chi connectivity index (χ2v) is 7.06. The number of hydrogen-bond acceptors (Lipinski definition) is 5. The van der Waals surface area contributed by atoms with Crippen molar-refractivity contribution in [2.75, 3.05) is 18.5 Å². The monoisotopic (exact) mass is 397 g/mol. The first-order valence-electron chi connectivity index (χ1n) is 8.88. The Hall–Kier alpha value is -2.99. The van der Waals surface area contributed by atoms with Crippen molar-refractivity contribution in [3.8, 4) is 11.1 Å². The molecule has 0 amide bonds. The predicted molar refractivity (Wildman–Crippen MR) is 110 cm³/mol. The normalized spacial score (nSPS) is 10.5. The van der Waals surface area contributed by atoms with Crippen LogP contribution in [0.25, 0.3) is 11.1 Å². The molecule has 1 N–H and O–H groups in total. The molecule has 0 aliphatic heterocycles. The molecule has 3 aromatic rings. The number of ketones is 1. The second kappa shape index (κ2) is 8.80. The molecule has 0 saturated carbocycles. The zero-order valence-corrected chi connectivity index (χ0v) is 16.4. The molecule has 1 aromatic heterocycles. The van der Waals surface area contributed by atoms with Crippen LogP contribution >= 0.6 is 11.3 Å². The molecule has 6 heteroatoms. The number of nitrogens with one attached hydrogen (secondary N) is 1. The highest BCUT2D eigenvalue weighted by molar-refractivity contribution is 7.15. The number of rotatable bonds is 7. The molecule has 0 aliphatic carbocycles. The smallest absolute Gasteiger partial charge is 0.341 e. The minimum atomic E-state index is -0.445. The molecule has 0 radical (unpaired) electrons. The number of anilines is 1. The zero-order valence-electron chi connectivity index (χ0n) is 15.6. The lowest BCUT2D eigenvalue weighted by Crippen LogP contribution is -2.16. The van der Waals surface area contributed by atoms with E-state index in [1.807, 2.05) is 35.7 Å². The molecule has 0 fully saturated rings. The van der Waals surface area contributed by atoms with Crippen molar-refractivity contribution < 1.29 is 18.7 Å². The van der Waals surface area contributed by atoms with Gasteiger partial charge in [-0.3, -0.25) is 4.79 Å². The van der Waals surface area contributed by atoms with Crippen LogP contribution in [0.1, 0.15) is 33.2 Å². The quantitative estimate of drug-likeness (QED) is 0.432. The third-order valence-corrected chi connectivity index (χ3v) is 5.20. The number of halogens is 1. The summed E-state index contributed by atoms with van der Waals surface area (Å²) in [5.74, 6) is -1.12. The molecule has 0 bridgehead atoms. The number of ether oxygens (including phenoxy) is 1. The summed E-state index contributed by atoms with van der Waals surface area (Å²) in [5, 5.41) is 5.44. The summed E-state index contributed by atoms with van der Waals surface area (Å²) in [6.45, 7) is 3.59. The number of benzene rings is 2. The van der Waals surface area contributed by atoms with Crippen molar-refractivity contribution >= 4 is 28.1 Å². The lowest BCUT2D eigenvalue weighted by molar-refractivity contribution is 0.0528. The molecule has 4 nitrogen and oxygen atoms in total. The standard InChI is InChI=1S/C22H20FNO3S/c1-3-27-22(26)20-17(15-7-5-4-6-8-15)13-28-21(20)24-12-19(25)16-10-9-14(2)18(23)11-16/h4-11,13,24H,3,12H2,1-2H3. The summed E-state index contributed by atoms with van der Waals surface area (Å²) in [6.07, 6.45) is 0. The van der Waals surface area contributed by atoms with E-state index in [1.165, 1.54) is 17.4 Å². The Balaban J connectivity index is 1.85. The molecule has 3 rings (SSSR count). The van der Waals surface area contributed by atoms with E-state index in [4.69, 9.17) is 4.74 Å². The summed E-state index contributed by atoms with van der Waals surface area (Å²) in [6, 6.07) is 13.9. The van der Waals surface area contributed by atoms with Crippen LogP contribution in [-0.4, -0.2) is 24.9 Å². The van der Waals surface area contributed by atoms with Crippen LogP contribution in [0.5, 0.6) is 0 Å². The van der Waals surface area contributed by atoms with Gasteiger partial charge in [0, 0.05) is 16.5 Å². The fourth-order valence-corrected chi connectivity index (χ4v) is 3.71. The van der Waals surface area contributed by atoms with Crippen LogP contribution in [0, 0.1) is 12.7 Å². The highest BCUT2D eigenvalue weighted by Crippen LogP contribution is 2.36. The molecule has 144 valence electrons. The minimum absolute atomic E-state index is 0.0519. The summed E-state index contributed by atoms with van der Waals surface area (Å²) >= 11 is 1.33. The van der Waals surface area contributed by atoms with Gasteiger partial charge in [0.05, 0.1) is 13.2 Å². The number of Topliss-reactive ketones (excluding diaryl/α,β-unsaturated/α-hetero) is 1. The maximum absolute atomic E-state index is 13.7. The van der Waals surface area contributed by atoms with Crippen molar-refractivity contribution in [2.45, 2.75) is 13.8 Å². The van der Waals surface area contributed by atoms with Gasteiger partial charge in [-0.15, -0.1) is 11.3 Å². The number of esters is 1. The number of hydrogen-bond donors (Lipinski definition) is 1. The molecule has 2 aromatic carbocycles. The average Bonchev–Trinajstić information content (AvgIpc) is 3.13. The van der Waals surface area contributed by atoms with Crippen molar-refractivity contribution in [2.24, 2.45) is 0 Å². The van der Waals surface area contributed by atoms with Gasteiger partial charge in [0.1, 0.15) is 16.4 Å². The van der Waals surface area contributed by atoms with Crippen molar-refractivity contribution in [1.29, 1.82) is 0 Å². The Morgan fingerprint density at radius 1 is 1.14 bits per heavy atom. The molecule has 0 atom stereocenters. The van der Waals surface area contributed by atoms with Gasteiger partial charge < -0.3 is 10.1 Å². The van der Waals surface area contributed by atoms with Gasteiger partial charge in [-0.2, -0.15) is 0 Å². The highest BCUT2D eigenvalue weighted by atomic mass is 32.1. The van der Waals surface area contributed by atoms with Gasteiger partial charge in [-0.25, -0.2) is 9.18 Å². The molecular weight excluding hydrogens is 377 g/mol. The van der Waals surface area contributed by atoms with Gasteiger partial charge in [0.2, 0.25) is 0 Å². The zero-order chi connectivity index (χ0) is 20.1. The number of thiophene rings is 1. The van der Waals surface area contributed by atoms with Crippen molar-refractivity contribution in [3.05, 3.63) is 76.4 Å². The first-order valence-corrected chi connectivity index (χ1v) is 9.76. The van der Waals surface area contributed by atoms with Gasteiger partial charge in [0.15, 0.2) is 5.78 Å². The Bertz CT molecular complexity index is 998. The van der Waals surface area contributed by atoms with E-state index in [1.54, 1.807) is 26.0 Å². The van der Waals surface area contributed by atoms with E-state index in [0.29, 0.717) is 16.1 Å². The third kappa shape index (κ3) is 4.28. The van der Waals surface area contributed by atoms with Crippen LogP contribution < -0.4 is 5.32 Å². The lowest BCUT2D eigenvalue weighted by Gasteiger charge is -2.09. The Morgan fingerprint density at radius 2 is 1.89 bits per heavy atom. The second-order valence-electron chi connectivity index (χ2n) is 6.18. The first kappa shape index (κ1) is 19.8. The number of carbonyl (C=O) groups is 2. The predicted octanol–water partition coefficient (Wildman–Crippen LogP) is 5.33. The maximum Gasteiger partial charge on any atom is 0.341 e. The number of aryl methyl sites for hydroxylation is 1. The van der Waals surface area contributed by atoms with E-state index >= 15 is 0 Å². The lowest BCUT2D eigenvalue weighted by atomic mass is 10.0. The van der Waals surface area contributed by atoms with Gasteiger partial charge in [-0.05, 0) is 31.0 Å². The van der Waals surface area contributed by atoms with Crippen LogP contribution in [0.15, 0.2) is 53.9 Å². The van der Waals surface area contributed by atoms with Gasteiger partial charge >= 0.3 is 5.97 Å². The fraction of sp³-hybridized carbons (Fsp3) is 0.182. The largest absolute Gasteiger partial charge is 0.462 e. The molecule has 0 unspecified atom stereocenters. The molecule has 0 spiro atoms. The SMILES string of the molecule is CCOC(=O)c1c(-c2ccccc2)csc1NCC(=O)c1ccc(C)c(F)c1. The van der Waals surface area contributed by atoms with Crippen molar-refractivity contribution in [1.82, 2.24) is 0 Å². The van der Waals surface area contributed by atoms with Crippen LogP contribution in [0.4, 0.5) is 9.39 Å². The van der Waals surface area contributed by atoms with Gasteiger partial charge in [0.25, 0.3) is 0 Å². The Labute approximate surface area is 167 Å². The van der Waals surface area contributed by atoms with E-state index in [9.17, 15) is 14.0 Å². The van der Waals surface area contributed by atoms with E-state index in [2.05, 4.69) is 5.32 Å². The molecule has 28 heavy (non-hydrogen) atoms. The Morgan fingerprint density at radius 3 is 2.57 bits per heavy atom. The van der Waals surface area contributed by atoms with Crippen LogP contribution in [-0.2, 0) is 4.74 Å². The molecular formula is C22H20FNO3S. The van der Waals surface area contributed by atoms with Crippen LogP contribution in [0.3, 0.4) is 0 Å². The number of carbonyl (C=O) groups excluding carboxylic acids is 2. The topological polar surface area (TPSA) is 55.4 Å². The molecule has 1 heterocycles. The van der Waals surface area contributed by atoms with Crippen LogP contribution in [0.2, 0.25) is 0 Å². The summed E-state index contributed by atoms with van der Waals surface area (Å²) in [4.78, 5) is 25.0. The average molecular weight is 397 g/mol. The van der Waals surface area contributed by atoms with Crippen molar-refractivity contribution in [3.63, 3.8) is 0 Å². The van der Waals surface area contributed by atoms with E-state index < -0.39 is 11.8 Å². The molecule has 0 aliphatic rings. The summed E-state index contributed by atoms with van der Waals surface area (Å²) in [7, 11) is 0. The molecule has 0 saturated heterocycles. The van der Waals surface area contributed by atoms with E-state index in [0.717, 1.165) is 11.1 Å². The summed E-state index contributed by atoms with van der Waals surface area (Å²) in [5.41, 5.74) is 2.82. The Kier molecular flexibility index (Phi) is 6.21. The minimum Gasteiger partial charge on any atom is -0.462 e. The van der Waals surface area contributed by atoms with Gasteiger partial charge in [-0.1, -0.05) is 42.5 Å². The highest BCUT2D eigenvalue weighted by Gasteiger charge is 2.22. The summed E-state index contributed by atoms with van der Waals surface area (Å²) < 4.78 is 18.9.